The van der Waals surface area contributed by atoms with Crippen LogP contribution < -0.4 is 0 Å². The molecule has 1 aliphatic rings. The molecule has 34 heavy (non-hydrogen) atoms. The summed E-state index contributed by atoms with van der Waals surface area (Å²) in [6.07, 6.45) is 1.60. The van der Waals surface area contributed by atoms with Crippen molar-refractivity contribution >= 4 is 21.8 Å². The molecule has 0 atom stereocenters. The highest BCUT2D eigenvalue weighted by Crippen LogP contribution is 2.20. The number of sulfonamides is 1. The number of Topliss-reactive ketones (excluding diaryl/α,β-unsaturated/α-hetero) is 1. The number of hydrogen-bond donors (Lipinski definition) is 0. The predicted molar refractivity (Wildman–Crippen MR) is 122 cm³/mol. The van der Waals surface area contributed by atoms with Crippen molar-refractivity contribution < 1.29 is 31.9 Å². The fourth-order valence-electron chi connectivity index (χ4n) is 3.88. The molecule has 3 aromatic rings. The van der Waals surface area contributed by atoms with Gasteiger partial charge in [0.2, 0.25) is 15.8 Å². The third-order valence-corrected chi connectivity index (χ3v) is 7.71. The first-order valence-electron chi connectivity index (χ1n) is 10.8. The lowest BCUT2D eigenvalue weighted by Crippen LogP contribution is -2.40. The number of morpholine rings is 1. The molecular formula is C24H26N2O7S. The van der Waals surface area contributed by atoms with E-state index >= 15 is 0 Å². The Bertz CT molecular complexity index is 1270. The topological polar surface area (TPSA) is 108 Å². The number of furan rings is 1. The molecule has 0 bridgehead atoms. The van der Waals surface area contributed by atoms with Crippen LogP contribution in [0.4, 0.5) is 0 Å². The van der Waals surface area contributed by atoms with Crippen LogP contribution in [0.5, 0.6) is 0 Å². The maximum atomic E-state index is 12.7. The summed E-state index contributed by atoms with van der Waals surface area (Å²) in [5, 5.41) is 0. The monoisotopic (exact) mass is 486 g/mol. The van der Waals surface area contributed by atoms with Gasteiger partial charge in [-0.15, -0.1) is 0 Å². The number of benzene rings is 1. The zero-order valence-electron chi connectivity index (χ0n) is 19.0. The number of ether oxygens (including phenoxy) is 2. The van der Waals surface area contributed by atoms with Gasteiger partial charge in [0.25, 0.3) is 0 Å². The zero-order valence-corrected chi connectivity index (χ0v) is 19.8. The Morgan fingerprint density at radius 2 is 1.76 bits per heavy atom. The molecule has 0 spiro atoms. The molecule has 0 N–H and O–H groups in total. The van der Waals surface area contributed by atoms with Crippen molar-refractivity contribution in [3.8, 4) is 0 Å². The molecule has 10 heteroatoms. The molecule has 180 valence electrons. The lowest BCUT2D eigenvalue weighted by Gasteiger charge is -2.26. The minimum absolute atomic E-state index is 0.0889. The summed E-state index contributed by atoms with van der Waals surface area (Å²) in [5.41, 5.74) is 2.29. The molecule has 1 aromatic carbocycles. The maximum Gasteiger partial charge on any atom is 0.338 e. The average molecular weight is 487 g/mol. The quantitative estimate of drug-likeness (QED) is 0.356. The third-order valence-electron chi connectivity index (χ3n) is 5.80. The third kappa shape index (κ3) is 4.98. The molecular weight excluding hydrogens is 460 g/mol. The Morgan fingerprint density at radius 3 is 2.41 bits per heavy atom. The highest BCUT2D eigenvalue weighted by atomic mass is 32.2. The predicted octanol–water partition coefficient (Wildman–Crippen LogP) is 2.81. The summed E-state index contributed by atoms with van der Waals surface area (Å²) >= 11 is 0. The van der Waals surface area contributed by atoms with Crippen molar-refractivity contribution in [1.29, 1.82) is 0 Å². The van der Waals surface area contributed by atoms with Gasteiger partial charge in [0, 0.05) is 30.0 Å². The second-order valence-electron chi connectivity index (χ2n) is 7.99. The molecule has 1 fully saturated rings. The number of carbonyl (C=O) groups excluding carboxylic acids is 2. The van der Waals surface area contributed by atoms with Crippen LogP contribution in [-0.2, 0) is 26.0 Å². The number of esters is 1. The number of ketones is 1. The molecule has 1 saturated heterocycles. The Labute approximate surface area is 197 Å². The number of rotatable bonds is 8. The van der Waals surface area contributed by atoms with Gasteiger partial charge in [-0.2, -0.15) is 4.31 Å². The Kier molecular flexibility index (Phi) is 7.01. The zero-order chi connectivity index (χ0) is 24.3. The van der Waals surface area contributed by atoms with Crippen molar-refractivity contribution in [2.24, 2.45) is 0 Å². The van der Waals surface area contributed by atoms with Crippen molar-refractivity contribution in [3.63, 3.8) is 0 Å². The van der Waals surface area contributed by atoms with Crippen LogP contribution in [0.3, 0.4) is 0 Å². The summed E-state index contributed by atoms with van der Waals surface area (Å²) < 4.78 is 44.5. The van der Waals surface area contributed by atoms with E-state index in [9.17, 15) is 18.0 Å². The van der Waals surface area contributed by atoms with E-state index in [1.807, 2.05) is 24.5 Å². The molecule has 0 radical (unpaired) electrons. The van der Waals surface area contributed by atoms with Gasteiger partial charge in [0.05, 0.1) is 36.5 Å². The normalized spacial score (nSPS) is 14.8. The van der Waals surface area contributed by atoms with Crippen LogP contribution in [0.15, 0.2) is 58.0 Å². The smallest absolute Gasteiger partial charge is 0.338 e. The van der Waals surface area contributed by atoms with E-state index in [0.29, 0.717) is 25.3 Å². The highest BCUT2D eigenvalue weighted by molar-refractivity contribution is 7.89. The molecule has 4 rings (SSSR count). The largest absolute Gasteiger partial charge is 0.467 e. The summed E-state index contributed by atoms with van der Waals surface area (Å²) in [5.74, 6) is -0.252. The van der Waals surface area contributed by atoms with Crippen LogP contribution in [-0.4, -0.2) is 62.0 Å². The molecule has 0 amide bonds. The van der Waals surface area contributed by atoms with Gasteiger partial charge in [-0.05, 0) is 56.3 Å². The Morgan fingerprint density at radius 1 is 1.06 bits per heavy atom. The van der Waals surface area contributed by atoms with E-state index in [2.05, 4.69) is 0 Å². The number of hydrogen-bond acceptors (Lipinski definition) is 7. The van der Waals surface area contributed by atoms with Crippen LogP contribution in [0, 0.1) is 13.8 Å². The van der Waals surface area contributed by atoms with Crippen LogP contribution >= 0.6 is 0 Å². The molecule has 3 heterocycles. The van der Waals surface area contributed by atoms with E-state index in [1.54, 1.807) is 18.4 Å². The Hall–Kier alpha value is -3.21. The van der Waals surface area contributed by atoms with E-state index in [0.717, 1.165) is 17.1 Å². The minimum Gasteiger partial charge on any atom is -0.467 e. The maximum absolute atomic E-state index is 12.7. The molecule has 0 unspecified atom stereocenters. The summed E-state index contributed by atoms with van der Waals surface area (Å²) in [4.78, 5) is 25.3. The van der Waals surface area contributed by atoms with Gasteiger partial charge in [-0.25, -0.2) is 13.2 Å². The second-order valence-corrected chi connectivity index (χ2v) is 9.93. The first kappa shape index (κ1) is 23.9. The summed E-state index contributed by atoms with van der Waals surface area (Å²) in [6, 6.07) is 10.9. The van der Waals surface area contributed by atoms with Crippen molar-refractivity contribution in [1.82, 2.24) is 8.87 Å². The molecule has 0 saturated carbocycles. The van der Waals surface area contributed by atoms with Crippen LogP contribution in [0.25, 0.3) is 0 Å². The number of aryl methyl sites for hydroxylation is 1. The lowest BCUT2D eigenvalue weighted by atomic mass is 10.1. The Balaban J connectivity index is 1.38. The first-order valence-corrected chi connectivity index (χ1v) is 12.3. The van der Waals surface area contributed by atoms with Crippen molar-refractivity contribution in [2.45, 2.75) is 25.3 Å². The van der Waals surface area contributed by atoms with Gasteiger partial charge in [-0.1, -0.05) is 0 Å². The number of aromatic nitrogens is 1. The fraction of sp³-hybridized carbons (Fsp3) is 0.333. The van der Waals surface area contributed by atoms with Gasteiger partial charge in [0.15, 0.2) is 6.61 Å². The van der Waals surface area contributed by atoms with Gasteiger partial charge < -0.3 is 18.5 Å². The summed E-state index contributed by atoms with van der Waals surface area (Å²) in [7, 11) is -3.65. The highest BCUT2D eigenvalue weighted by Gasteiger charge is 2.26. The van der Waals surface area contributed by atoms with Gasteiger partial charge >= 0.3 is 5.97 Å². The van der Waals surface area contributed by atoms with Crippen molar-refractivity contribution in [2.75, 3.05) is 32.9 Å². The van der Waals surface area contributed by atoms with Gasteiger partial charge in [-0.3, -0.25) is 4.79 Å². The molecule has 2 aromatic heterocycles. The minimum atomic E-state index is -3.65. The van der Waals surface area contributed by atoms with E-state index < -0.39 is 22.6 Å². The molecule has 9 nitrogen and oxygen atoms in total. The molecule has 1 aliphatic heterocycles. The SMILES string of the molecule is Cc1cc(C(=O)COC(=O)c2ccc(S(=O)(=O)N3CCOCC3)cc2)c(C)n1Cc1ccco1. The average Bonchev–Trinajstić information content (AvgIpc) is 3.47. The standard InChI is InChI=1S/C24H26N2O7S/c1-17-14-22(18(2)26(17)15-20-4-3-11-32-20)23(27)16-33-24(28)19-5-7-21(8-6-19)34(29,30)25-9-12-31-13-10-25/h3-8,11,14H,9-10,12-13,15-16H2,1-2H3. The van der Waals surface area contributed by atoms with Crippen LogP contribution in [0.2, 0.25) is 0 Å². The number of carbonyl (C=O) groups is 2. The van der Waals surface area contributed by atoms with E-state index in [-0.39, 0.29) is 29.3 Å². The number of nitrogens with zero attached hydrogens (tertiary/aromatic N) is 2. The summed E-state index contributed by atoms with van der Waals surface area (Å²) in [6.45, 7) is 5.08. The van der Waals surface area contributed by atoms with Gasteiger partial charge in [0.1, 0.15) is 5.76 Å². The molecule has 0 aliphatic carbocycles. The van der Waals surface area contributed by atoms with E-state index in [1.165, 1.54) is 28.6 Å². The second kappa shape index (κ2) is 9.96. The first-order chi connectivity index (χ1) is 16.3. The van der Waals surface area contributed by atoms with E-state index in [4.69, 9.17) is 13.9 Å². The fourth-order valence-corrected chi connectivity index (χ4v) is 5.28. The van der Waals surface area contributed by atoms with Crippen LogP contribution in [0.1, 0.15) is 37.9 Å². The van der Waals surface area contributed by atoms with Crippen molar-refractivity contribution in [3.05, 3.63) is 77.0 Å². The lowest BCUT2D eigenvalue weighted by molar-refractivity contribution is 0.0474.